The number of rotatable bonds is 5. The number of amides is 2. The molecule has 8 heteroatoms. The fraction of sp³-hybridized carbons (Fsp3) is 0.789. The second-order valence-electron chi connectivity index (χ2n) is 8.55. The maximum Gasteiger partial charge on any atom is 0.237 e. The van der Waals surface area contributed by atoms with Gasteiger partial charge in [0.05, 0.1) is 6.04 Å². The van der Waals surface area contributed by atoms with E-state index in [-0.39, 0.29) is 35.9 Å². The van der Waals surface area contributed by atoms with Gasteiger partial charge in [-0.05, 0) is 32.1 Å². The number of carbonyl (C=O) groups excluding carboxylic acids is 2. The molecule has 4 fully saturated rings. The topological polar surface area (TPSA) is 100 Å². The monoisotopic (exact) mass is 373 g/mol. The number of nitrogens with zero attached hydrogens (tertiary/aromatic N) is 3. The van der Waals surface area contributed by atoms with Crippen LogP contribution in [0.1, 0.15) is 62.6 Å². The molecule has 2 N–H and O–H groups in total. The number of aromatic nitrogens is 2. The number of piperazine rings is 1. The summed E-state index contributed by atoms with van der Waals surface area (Å²) >= 11 is 0. The van der Waals surface area contributed by atoms with E-state index in [9.17, 15) is 9.59 Å². The Morgan fingerprint density at radius 1 is 1.22 bits per heavy atom. The molecule has 5 rings (SSSR count). The molecule has 2 saturated carbocycles. The summed E-state index contributed by atoms with van der Waals surface area (Å²) in [4.78, 5) is 27.0. The fourth-order valence-corrected chi connectivity index (χ4v) is 4.82. The molecule has 146 valence electrons. The van der Waals surface area contributed by atoms with Crippen LogP contribution in [0.2, 0.25) is 0 Å². The maximum atomic E-state index is 12.5. The molecule has 0 bridgehead atoms. The van der Waals surface area contributed by atoms with Crippen molar-refractivity contribution >= 4 is 11.8 Å². The minimum atomic E-state index is -0.177. The lowest BCUT2D eigenvalue weighted by atomic mass is 10.0. The van der Waals surface area contributed by atoms with Crippen LogP contribution in [0, 0.1) is 5.92 Å². The Morgan fingerprint density at radius 3 is 2.81 bits per heavy atom. The largest absolute Gasteiger partial charge is 0.425 e. The lowest BCUT2D eigenvalue weighted by Gasteiger charge is -2.36. The van der Waals surface area contributed by atoms with Gasteiger partial charge in [0.15, 0.2) is 0 Å². The van der Waals surface area contributed by atoms with Crippen LogP contribution in [-0.2, 0) is 16.0 Å². The van der Waals surface area contributed by atoms with Crippen molar-refractivity contribution < 1.29 is 14.0 Å². The van der Waals surface area contributed by atoms with E-state index in [2.05, 4.69) is 25.7 Å². The van der Waals surface area contributed by atoms with Crippen molar-refractivity contribution in [3.05, 3.63) is 11.8 Å². The molecule has 2 amide bonds. The molecule has 8 nitrogen and oxygen atoms in total. The first-order valence-corrected chi connectivity index (χ1v) is 10.3. The summed E-state index contributed by atoms with van der Waals surface area (Å²) in [6.07, 6.45) is 7.88. The van der Waals surface area contributed by atoms with Crippen molar-refractivity contribution in [3.63, 3.8) is 0 Å². The summed E-state index contributed by atoms with van der Waals surface area (Å²) < 4.78 is 5.81. The van der Waals surface area contributed by atoms with Gasteiger partial charge in [0.2, 0.25) is 23.6 Å². The zero-order valence-corrected chi connectivity index (χ0v) is 15.5. The number of nitrogens with one attached hydrogen (secondary N) is 2. The van der Waals surface area contributed by atoms with Gasteiger partial charge < -0.3 is 15.1 Å². The van der Waals surface area contributed by atoms with Crippen LogP contribution < -0.4 is 10.6 Å². The van der Waals surface area contributed by atoms with Crippen LogP contribution in [0.5, 0.6) is 0 Å². The van der Waals surface area contributed by atoms with Gasteiger partial charge in [-0.1, -0.05) is 12.8 Å². The molecule has 0 unspecified atom stereocenters. The molecule has 1 aromatic rings. The van der Waals surface area contributed by atoms with E-state index < -0.39 is 0 Å². The standard InChI is InChI=1S/C19H27N5O3/c25-17(11-3-1-2-4-11)21-13-7-15-18(26)20-9-14(24(15)10-13)8-16-22-23-19(27-16)12-5-6-12/h11-15H,1-10H2,(H,20,26)(H,21,25)/t13-,14+,15-/m0/s1. The average molecular weight is 373 g/mol. The van der Waals surface area contributed by atoms with Crippen molar-refractivity contribution in [3.8, 4) is 0 Å². The van der Waals surface area contributed by atoms with Crippen LogP contribution in [-0.4, -0.2) is 58.1 Å². The molecule has 2 aliphatic carbocycles. The van der Waals surface area contributed by atoms with E-state index in [0.29, 0.717) is 37.7 Å². The second-order valence-corrected chi connectivity index (χ2v) is 8.55. The molecule has 3 heterocycles. The summed E-state index contributed by atoms with van der Waals surface area (Å²) in [5.74, 6) is 2.24. The van der Waals surface area contributed by atoms with Crippen LogP contribution in [0.15, 0.2) is 4.42 Å². The maximum absolute atomic E-state index is 12.5. The molecular formula is C19H27N5O3. The first kappa shape index (κ1) is 17.2. The third-order valence-corrected chi connectivity index (χ3v) is 6.51. The Kier molecular flexibility index (Phi) is 4.38. The van der Waals surface area contributed by atoms with Gasteiger partial charge in [0.25, 0.3) is 0 Å². The predicted molar refractivity (Wildman–Crippen MR) is 95.8 cm³/mol. The Labute approximate surface area is 158 Å². The summed E-state index contributed by atoms with van der Waals surface area (Å²) in [5.41, 5.74) is 0. The van der Waals surface area contributed by atoms with Gasteiger partial charge in [-0.3, -0.25) is 14.5 Å². The Bertz CT molecular complexity index is 725. The summed E-state index contributed by atoms with van der Waals surface area (Å²) in [6.45, 7) is 1.30. The third kappa shape index (κ3) is 3.47. The first-order valence-electron chi connectivity index (χ1n) is 10.3. The molecule has 0 spiro atoms. The fourth-order valence-electron chi connectivity index (χ4n) is 4.82. The van der Waals surface area contributed by atoms with Crippen molar-refractivity contribution in [2.45, 2.75) is 75.4 Å². The van der Waals surface area contributed by atoms with E-state index in [1.54, 1.807) is 0 Å². The minimum Gasteiger partial charge on any atom is -0.425 e. The Balaban J connectivity index is 1.23. The summed E-state index contributed by atoms with van der Waals surface area (Å²) in [5, 5.41) is 14.6. The highest BCUT2D eigenvalue weighted by Gasteiger charge is 2.44. The molecule has 27 heavy (non-hydrogen) atoms. The Morgan fingerprint density at radius 2 is 2.04 bits per heavy atom. The highest BCUT2D eigenvalue weighted by atomic mass is 16.4. The van der Waals surface area contributed by atoms with Gasteiger partial charge in [0, 0.05) is 43.4 Å². The molecule has 2 saturated heterocycles. The highest BCUT2D eigenvalue weighted by molar-refractivity contribution is 5.84. The van der Waals surface area contributed by atoms with E-state index in [1.807, 2.05) is 0 Å². The van der Waals surface area contributed by atoms with E-state index >= 15 is 0 Å². The van der Waals surface area contributed by atoms with Crippen molar-refractivity contribution in [2.24, 2.45) is 5.92 Å². The molecule has 2 aliphatic heterocycles. The van der Waals surface area contributed by atoms with Crippen molar-refractivity contribution in [1.29, 1.82) is 0 Å². The molecule has 4 aliphatic rings. The van der Waals surface area contributed by atoms with Crippen molar-refractivity contribution in [1.82, 2.24) is 25.7 Å². The third-order valence-electron chi connectivity index (χ3n) is 6.51. The van der Waals surface area contributed by atoms with E-state index in [1.165, 1.54) is 0 Å². The van der Waals surface area contributed by atoms with Gasteiger partial charge in [0.1, 0.15) is 0 Å². The second kappa shape index (κ2) is 6.89. The van der Waals surface area contributed by atoms with Crippen molar-refractivity contribution in [2.75, 3.05) is 13.1 Å². The summed E-state index contributed by atoms with van der Waals surface area (Å²) in [7, 11) is 0. The first-order chi connectivity index (χ1) is 13.2. The average Bonchev–Trinajstić information content (AvgIpc) is 3.06. The summed E-state index contributed by atoms with van der Waals surface area (Å²) in [6, 6.07) is -0.00352. The zero-order chi connectivity index (χ0) is 18.4. The number of fused-ring (bicyclic) bond motifs is 1. The van der Waals surface area contributed by atoms with Gasteiger partial charge in [-0.25, -0.2) is 0 Å². The van der Waals surface area contributed by atoms with E-state index in [4.69, 9.17) is 4.42 Å². The number of carbonyl (C=O) groups is 2. The number of hydrogen-bond acceptors (Lipinski definition) is 6. The molecule has 3 atom stereocenters. The van der Waals surface area contributed by atoms with Crippen LogP contribution in [0.25, 0.3) is 0 Å². The van der Waals surface area contributed by atoms with Crippen LogP contribution >= 0.6 is 0 Å². The predicted octanol–water partition coefficient (Wildman–Crippen LogP) is 0.737. The Hall–Kier alpha value is -1.96. The van der Waals surface area contributed by atoms with Gasteiger partial charge in [-0.2, -0.15) is 0 Å². The lowest BCUT2D eigenvalue weighted by Crippen LogP contribution is -2.58. The zero-order valence-electron chi connectivity index (χ0n) is 15.5. The molecule has 0 radical (unpaired) electrons. The quantitative estimate of drug-likeness (QED) is 0.790. The molecule has 1 aromatic heterocycles. The minimum absolute atomic E-state index is 0.0409. The SMILES string of the molecule is O=C(N[C@H]1C[C@H]2C(=O)NC[C@@H](Cc3nnc(C4CC4)o3)N2C1)C1CCCC1. The van der Waals surface area contributed by atoms with Gasteiger partial charge in [-0.15, -0.1) is 10.2 Å². The van der Waals surface area contributed by atoms with Gasteiger partial charge >= 0.3 is 0 Å². The van der Waals surface area contributed by atoms with Crippen LogP contribution in [0.3, 0.4) is 0 Å². The molecule has 0 aromatic carbocycles. The number of hydrogen-bond donors (Lipinski definition) is 2. The highest BCUT2D eigenvalue weighted by Crippen LogP contribution is 2.39. The molecular weight excluding hydrogens is 346 g/mol. The van der Waals surface area contributed by atoms with Crippen LogP contribution in [0.4, 0.5) is 0 Å². The normalized spacial score (nSPS) is 31.7. The smallest absolute Gasteiger partial charge is 0.237 e. The lowest BCUT2D eigenvalue weighted by molar-refractivity contribution is -0.129. The van der Waals surface area contributed by atoms with E-state index in [0.717, 1.165) is 44.4 Å².